The maximum absolute atomic E-state index is 11.5. The van der Waals surface area contributed by atoms with Crippen LogP contribution in [0.1, 0.15) is 13.3 Å². The van der Waals surface area contributed by atoms with E-state index in [0.717, 1.165) is 0 Å². The molecule has 0 fully saturated rings. The molecule has 0 aromatic heterocycles. The summed E-state index contributed by atoms with van der Waals surface area (Å²) >= 11 is 0. The second kappa shape index (κ2) is 5.56. The third kappa shape index (κ3) is 5.56. The normalized spacial score (nSPS) is 11.7. The zero-order chi connectivity index (χ0) is 4.99. The van der Waals surface area contributed by atoms with Gasteiger partial charge in [0.1, 0.15) is 0 Å². The zero-order valence-electron chi connectivity index (χ0n) is 4.15. The van der Waals surface area contributed by atoms with E-state index in [1.54, 1.807) is 6.92 Å². The summed E-state index contributed by atoms with van der Waals surface area (Å²) < 4.78 is 11.5. The predicted octanol–water partition coefficient (Wildman–Crippen LogP) is 0.109. The quantitative estimate of drug-likeness (QED) is 0.463. The van der Waals surface area contributed by atoms with Gasteiger partial charge in [-0.3, -0.25) is 0 Å². The van der Waals surface area contributed by atoms with Gasteiger partial charge >= 0.3 is 0 Å². The van der Waals surface area contributed by atoms with E-state index in [9.17, 15) is 9.18 Å². The Kier molecular flexibility index (Phi) is 7.75. The Labute approximate surface area is 41.6 Å². The van der Waals surface area contributed by atoms with Crippen molar-refractivity contribution in [3.63, 3.8) is 0 Å². The van der Waals surface area contributed by atoms with Gasteiger partial charge in [-0.25, -0.2) is 4.39 Å². The average Bonchev–Trinajstić information content (AvgIpc) is 1.65. The first-order valence-electron chi connectivity index (χ1n) is 1.90. The van der Waals surface area contributed by atoms with Crippen molar-refractivity contribution in [2.24, 2.45) is 0 Å². The molecular formula is C4H9FO2. The topological polar surface area (TPSA) is 48.6 Å². The largest absolute Gasteiger partial charge is 0.412 e. The van der Waals surface area contributed by atoms with Crippen molar-refractivity contribution >= 4 is 6.29 Å². The molecule has 2 N–H and O–H groups in total. The van der Waals surface area contributed by atoms with Crippen LogP contribution in [0, 0.1) is 0 Å². The molecule has 0 spiro atoms. The molecule has 0 aromatic carbocycles. The molecular weight excluding hydrogens is 99.0 g/mol. The van der Waals surface area contributed by atoms with Crippen molar-refractivity contribution in [3.05, 3.63) is 0 Å². The fourth-order valence-electron chi connectivity index (χ4n) is 0.0962. The van der Waals surface area contributed by atoms with E-state index < -0.39 is 6.17 Å². The molecule has 0 aliphatic rings. The molecule has 44 valence electrons. The number of hydrogen-bond acceptors (Lipinski definition) is 1. The summed E-state index contributed by atoms with van der Waals surface area (Å²) in [6.07, 6.45) is -0.645. The monoisotopic (exact) mass is 108 g/mol. The van der Waals surface area contributed by atoms with Crippen LogP contribution < -0.4 is 0 Å². The molecule has 0 heterocycles. The molecule has 7 heavy (non-hydrogen) atoms. The van der Waals surface area contributed by atoms with Gasteiger partial charge in [0.05, 0.1) is 0 Å². The second-order valence-electron chi connectivity index (χ2n) is 1.06. The summed E-state index contributed by atoms with van der Waals surface area (Å²) in [5.74, 6) is 0. The summed E-state index contributed by atoms with van der Waals surface area (Å²) in [5, 5.41) is 0. The molecule has 0 amide bonds. The SMILES string of the molecule is CCC(F)C=O.O. The molecule has 0 aromatic rings. The number of aldehydes is 1. The van der Waals surface area contributed by atoms with Crippen molar-refractivity contribution in [2.75, 3.05) is 0 Å². The van der Waals surface area contributed by atoms with E-state index in [4.69, 9.17) is 0 Å². The standard InChI is InChI=1S/C4H7FO.H2O/c1-2-4(5)3-6;/h3-4H,2H2,1H3;1H2. The fraction of sp³-hybridized carbons (Fsp3) is 0.750. The molecule has 2 nitrogen and oxygen atoms in total. The minimum atomic E-state index is -1.25. The summed E-state index contributed by atoms with van der Waals surface area (Å²) in [5.41, 5.74) is 0. The molecule has 1 unspecified atom stereocenters. The van der Waals surface area contributed by atoms with E-state index in [2.05, 4.69) is 0 Å². The summed E-state index contributed by atoms with van der Waals surface area (Å²) in [4.78, 5) is 9.36. The average molecular weight is 108 g/mol. The Morgan fingerprint density at radius 3 is 2.29 bits per heavy atom. The Morgan fingerprint density at radius 2 is 2.29 bits per heavy atom. The minimum absolute atomic E-state index is 0. The van der Waals surface area contributed by atoms with E-state index in [-0.39, 0.29) is 5.48 Å². The van der Waals surface area contributed by atoms with E-state index >= 15 is 0 Å². The van der Waals surface area contributed by atoms with Gasteiger partial charge in [-0.15, -0.1) is 0 Å². The first-order valence-corrected chi connectivity index (χ1v) is 1.90. The van der Waals surface area contributed by atoms with Crippen LogP contribution in [-0.4, -0.2) is 17.9 Å². The number of carbonyl (C=O) groups is 1. The zero-order valence-corrected chi connectivity index (χ0v) is 4.15. The lowest BCUT2D eigenvalue weighted by Crippen LogP contribution is -1.95. The summed E-state index contributed by atoms with van der Waals surface area (Å²) in [7, 11) is 0. The lowest BCUT2D eigenvalue weighted by atomic mass is 10.3. The molecule has 0 radical (unpaired) electrons. The maximum Gasteiger partial charge on any atom is 0.155 e. The third-order valence-electron chi connectivity index (χ3n) is 0.538. The van der Waals surface area contributed by atoms with Gasteiger partial charge in [-0.1, -0.05) is 6.92 Å². The van der Waals surface area contributed by atoms with Crippen LogP contribution in [0.5, 0.6) is 0 Å². The van der Waals surface area contributed by atoms with Crippen LogP contribution in [-0.2, 0) is 4.79 Å². The van der Waals surface area contributed by atoms with Crippen molar-refractivity contribution in [3.8, 4) is 0 Å². The van der Waals surface area contributed by atoms with Crippen LogP contribution in [0.25, 0.3) is 0 Å². The fourth-order valence-corrected chi connectivity index (χ4v) is 0.0962. The van der Waals surface area contributed by atoms with Gasteiger partial charge in [-0.2, -0.15) is 0 Å². The molecule has 3 heteroatoms. The Morgan fingerprint density at radius 1 is 1.86 bits per heavy atom. The summed E-state index contributed by atoms with van der Waals surface area (Å²) in [6, 6.07) is 0. The highest BCUT2D eigenvalue weighted by Crippen LogP contribution is 1.88. The number of rotatable bonds is 2. The second-order valence-corrected chi connectivity index (χ2v) is 1.06. The lowest BCUT2D eigenvalue weighted by Gasteiger charge is -1.85. The first-order chi connectivity index (χ1) is 2.81. The van der Waals surface area contributed by atoms with Crippen LogP contribution in [0.4, 0.5) is 4.39 Å². The van der Waals surface area contributed by atoms with Gasteiger partial charge in [0.25, 0.3) is 0 Å². The molecule has 0 saturated carbocycles. The van der Waals surface area contributed by atoms with E-state index in [0.29, 0.717) is 12.7 Å². The van der Waals surface area contributed by atoms with Gasteiger partial charge in [0.2, 0.25) is 0 Å². The number of halogens is 1. The van der Waals surface area contributed by atoms with Crippen molar-refractivity contribution in [2.45, 2.75) is 19.5 Å². The number of hydrogen-bond donors (Lipinski definition) is 0. The van der Waals surface area contributed by atoms with Crippen LogP contribution >= 0.6 is 0 Å². The molecule has 0 rings (SSSR count). The molecule has 0 aliphatic heterocycles. The summed E-state index contributed by atoms with van der Waals surface area (Å²) in [6.45, 7) is 1.62. The lowest BCUT2D eigenvalue weighted by molar-refractivity contribution is -0.112. The molecule has 1 atom stereocenters. The maximum atomic E-state index is 11.5. The van der Waals surface area contributed by atoms with Crippen LogP contribution in [0.15, 0.2) is 0 Å². The number of alkyl halides is 1. The van der Waals surface area contributed by atoms with E-state index in [1.807, 2.05) is 0 Å². The van der Waals surface area contributed by atoms with Gasteiger partial charge in [0, 0.05) is 0 Å². The van der Waals surface area contributed by atoms with Crippen molar-refractivity contribution in [1.29, 1.82) is 0 Å². The number of carbonyl (C=O) groups excluding carboxylic acids is 1. The van der Waals surface area contributed by atoms with Crippen molar-refractivity contribution < 1.29 is 14.7 Å². The highest BCUT2D eigenvalue weighted by Gasteiger charge is 1.94. The predicted molar refractivity (Wildman–Crippen MR) is 24.9 cm³/mol. The Balaban J connectivity index is 0. The van der Waals surface area contributed by atoms with Crippen molar-refractivity contribution in [1.82, 2.24) is 0 Å². The highest BCUT2D eigenvalue weighted by atomic mass is 19.1. The van der Waals surface area contributed by atoms with Gasteiger partial charge in [0.15, 0.2) is 12.5 Å². The van der Waals surface area contributed by atoms with Crippen LogP contribution in [0.2, 0.25) is 0 Å². The Bertz CT molecular complexity index is 47.0. The van der Waals surface area contributed by atoms with E-state index in [1.165, 1.54) is 0 Å². The highest BCUT2D eigenvalue weighted by molar-refractivity contribution is 5.55. The molecule has 0 bridgehead atoms. The third-order valence-corrected chi connectivity index (χ3v) is 0.538. The van der Waals surface area contributed by atoms with Crippen LogP contribution in [0.3, 0.4) is 0 Å². The Hall–Kier alpha value is -0.440. The molecule has 0 saturated heterocycles. The molecule has 0 aliphatic carbocycles. The van der Waals surface area contributed by atoms with Gasteiger partial charge < -0.3 is 10.3 Å². The smallest absolute Gasteiger partial charge is 0.155 e. The van der Waals surface area contributed by atoms with Gasteiger partial charge in [-0.05, 0) is 6.42 Å². The first kappa shape index (κ1) is 9.75. The minimum Gasteiger partial charge on any atom is -0.412 e.